The van der Waals surface area contributed by atoms with Gasteiger partial charge in [-0.05, 0) is 55.6 Å². The van der Waals surface area contributed by atoms with E-state index in [0.717, 1.165) is 45.1 Å². The Morgan fingerprint density at radius 2 is 1.95 bits per heavy atom. The van der Waals surface area contributed by atoms with Crippen LogP contribution in [-0.2, 0) is 27.4 Å². The molecule has 2 aliphatic heterocycles. The van der Waals surface area contributed by atoms with Crippen LogP contribution in [0.2, 0.25) is 25.7 Å². The lowest BCUT2D eigenvalue weighted by molar-refractivity contribution is -0.158. The van der Waals surface area contributed by atoms with Gasteiger partial charge in [0.2, 0.25) is 11.8 Å². The molecule has 230 valence electrons. The molecule has 2 N–H and O–H groups in total. The van der Waals surface area contributed by atoms with Gasteiger partial charge < -0.3 is 15.4 Å². The monoisotopic (exact) mass is 613 g/mol. The maximum atomic E-state index is 13.4. The number of likely N-dealkylation sites (tertiary alicyclic amines) is 1. The molecule has 1 fully saturated rings. The Labute approximate surface area is 258 Å². The van der Waals surface area contributed by atoms with Crippen molar-refractivity contribution in [3.05, 3.63) is 64.3 Å². The summed E-state index contributed by atoms with van der Waals surface area (Å²) in [5.41, 5.74) is 9.76. The molecule has 0 saturated carbocycles. The zero-order chi connectivity index (χ0) is 31.6. The fourth-order valence-corrected chi connectivity index (χ4v) is 6.40. The number of ether oxygens (including phenoxy) is 1. The van der Waals surface area contributed by atoms with Crippen LogP contribution < -0.4 is 5.73 Å². The highest BCUT2D eigenvalue weighted by atomic mass is 28.3. The molecule has 1 saturated heterocycles. The lowest BCUT2D eigenvalue weighted by Gasteiger charge is -2.35. The third-order valence-electron chi connectivity index (χ3n) is 8.19. The number of primary amides is 1. The van der Waals surface area contributed by atoms with Crippen molar-refractivity contribution in [2.75, 3.05) is 13.3 Å². The number of hydrogen-bond donors (Lipinski definition) is 1. The van der Waals surface area contributed by atoms with Gasteiger partial charge in [0.1, 0.15) is 12.8 Å². The zero-order valence-electron chi connectivity index (χ0n) is 25.8. The number of fused-ring (bicyclic) bond motifs is 2. The minimum absolute atomic E-state index is 0.0788. The maximum absolute atomic E-state index is 13.4. The van der Waals surface area contributed by atoms with E-state index in [9.17, 15) is 19.2 Å². The largest absolute Gasteiger partial charge is 0.366 e. The topological polar surface area (TPSA) is 128 Å². The molecule has 4 amide bonds. The minimum Gasteiger partial charge on any atom is -0.366 e. The Balaban J connectivity index is 1.22. The lowest BCUT2D eigenvalue weighted by Crippen LogP contribution is -2.55. The average Bonchev–Trinajstić information content (AvgIpc) is 3.48. The number of imide groups is 1. The van der Waals surface area contributed by atoms with Gasteiger partial charge in [0.05, 0.1) is 11.2 Å². The fourth-order valence-electron chi connectivity index (χ4n) is 5.64. The summed E-state index contributed by atoms with van der Waals surface area (Å²) in [4.78, 5) is 53.7. The maximum Gasteiger partial charge on any atom is 0.255 e. The summed E-state index contributed by atoms with van der Waals surface area (Å²) in [6.07, 6.45) is 1.83. The molecule has 3 heterocycles. The third-order valence-corrected chi connectivity index (χ3v) is 9.89. The molecule has 2 aliphatic rings. The molecule has 10 nitrogen and oxygen atoms in total. The van der Waals surface area contributed by atoms with Gasteiger partial charge in [-0.15, -0.1) is 0 Å². The number of rotatable bonds is 10. The van der Waals surface area contributed by atoms with Crippen molar-refractivity contribution in [3.63, 3.8) is 0 Å². The van der Waals surface area contributed by atoms with Crippen LogP contribution in [0.4, 0.5) is 0 Å². The van der Waals surface area contributed by atoms with Gasteiger partial charge in [0, 0.05) is 62.7 Å². The standard InChI is InChI=1S/C33H39N5O5Si/c1-22-25-13-12-24(31(34)40)19-29(25)38(35-22)16-7-5-6-9-23-10-8-11-26-27(23)20-36(32(26)41)28-14-15-30(39)37(33(28)42)21-43-17-18-44(2,3)4/h8,10-13,19,28H,5,7,14-18,20-21H2,1-4H3,(H2,34,40). The highest BCUT2D eigenvalue weighted by molar-refractivity contribution is 6.76. The number of carbonyl (C=O) groups is 4. The summed E-state index contributed by atoms with van der Waals surface area (Å²) >= 11 is 0. The lowest BCUT2D eigenvalue weighted by atomic mass is 10.0. The second kappa shape index (κ2) is 12.8. The first-order chi connectivity index (χ1) is 20.9. The van der Waals surface area contributed by atoms with Gasteiger partial charge in [-0.25, -0.2) is 0 Å². The summed E-state index contributed by atoms with van der Waals surface area (Å²) in [5.74, 6) is 5.12. The molecule has 0 radical (unpaired) electrons. The molecule has 3 aromatic rings. The van der Waals surface area contributed by atoms with E-state index in [1.165, 1.54) is 0 Å². The van der Waals surface area contributed by atoms with Crippen molar-refractivity contribution < 1.29 is 23.9 Å². The summed E-state index contributed by atoms with van der Waals surface area (Å²) in [5, 5.41) is 5.60. The Hall–Kier alpha value is -4.27. The van der Waals surface area contributed by atoms with Crippen LogP contribution in [0.15, 0.2) is 36.4 Å². The fraction of sp³-hybridized carbons (Fsp3) is 0.424. The molecular formula is C33H39N5O5Si. The van der Waals surface area contributed by atoms with Gasteiger partial charge in [-0.2, -0.15) is 5.10 Å². The second-order valence-corrected chi connectivity index (χ2v) is 18.3. The van der Waals surface area contributed by atoms with E-state index in [4.69, 9.17) is 10.5 Å². The van der Waals surface area contributed by atoms with Crippen LogP contribution in [0.5, 0.6) is 0 Å². The van der Waals surface area contributed by atoms with E-state index < -0.39 is 20.0 Å². The van der Waals surface area contributed by atoms with Crippen molar-refractivity contribution in [3.8, 4) is 11.8 Å². The van der Waals surface area contributed by atoms with Crippen molar-refractivity contribution in [1.82, 2.24) is 19.6 Å². The summed E-state index contributed by atoms with van der Waals surface area (Å²) in [6.45, 7) is 9.98. The zero-order valence-corrected chi connectivity index (χ0v) is 26.8. The first-order valence-electron chi connectivity index (χ1n) is 15.1. The smallest absolute Gasteiger partial charge is 0.255 e. The number of piperidine rings is 1. The molecule has 2 aromatic carbocycles. The number of hydrogen-bond acceptors (Lipinski definition) is 6. The molecule has 5 rings (SSSR count). The van der Waals surface area contributed by atoms with Gasteiger partial charge >= 0.3 is 0 Å². The summed E-state index contributed by atoms with van der Waals surface area (Å²) in [7, 11) is -1.30. The molecule has 0 spiro atoms. The Morgan fingerprint density at radius 3 is 2.70 bits per heavy atom. The van der Waals surface area contributed by atoms with E-state index >= 15 is 0 Å². The van der Waals surface area contributed by atoms with Gasteiger partial charge in [0.25, 0.3) is 11.8 Å². The molecule has 0 bridgehead atoms. The second-order valence-electron chi connectivity index (χ2n) is 12.6. The minimum atomic E-state index is -1.30. The van der Waals surface area contributed by atoms with Crippen molar-refractivity contribution in [2.24, 2.45) is 5.73 Å². The molecule has 1 unspecified atom stereocenters. The summed E-state index contributed by atoms with van der Waals surface area (Å²) < 4.78 is 7.59. The highest BCUT2D eigenvalue weighted by Crippen LogP contribution is 2.31. The van der Waals surface area contributed by atoms with Crippen molar-refractivity contribution in [2.45, 2.75) is 77.4 Å². The SMILES string of the molecule is Cc1nn(CCCC#Cc2cccc3c2CN(C2CCC(=O)N(COCC[Si](C)(C)C)C2=O)C3=O)c2cc(C(N)=O)ccc12. The van der Waals surface area contributed by atoms with Gasteiger partial charge in [-0.3, -0.25) is 28.8 Å². The Bertz CT molecular complexity index is 1700. The predicted octanol–water partition coefficient (Wildman–Crippen LogP) is 4.06. The molecule has 44 heavy (non-hydrogen) atoms. The quantitative estimate of drug-likeness (QED) is 0.159. The van der Waals surface area contributed by atoms with Crippen LogP contribution in [0, 0.1) is 18.8 Å². The molecule has 1 aromatic heterocycles. The van der Waals surface area contributed by atoms with Crippen LogP contribution in [0.3, 0.4) is 0 Å². The predicted molar refractivity (Wildman–Crippen MR) is 169 cm³/mol. The van der Waals surface area contributed by atoms with E-state index in [1.807, 2.05) is 29.8 Å². The highest BCUT2D eigenvalue weighted by Gasteiger charge is 2.43. The first-order valence-corrected chi connectivity index (χ1v) is 18.8. The van der Waals surface area contributed by atoms with Gasteiger partial charge in [-0.1, -0.05) is 43.6 Å². The van der Waals surface area contributed by atoms with E-state index in [0.29, 0.717) is 37.1 Å². The average molecular weight is 614 g/mol. The Morgan fingerprint density at radius 1 is 1.16 bits per heavy atom. The van der Waals surface area contributed by atoms with Crippen LogP contribution in [0.1, 0.15) is 63.2 Å². The number of aryl methyl sites for hydroxylation is 2. The molecular weight excluding hydrogens is 574 g/mol. The molecule has 11 heteroatoms. The van der Waals surface area contributed by atoms with Crippen LogP contribution in [-0.4, -0.2) is 70.7 Å². The first kappa shape index (κ1) is 31.2. The van der Waals surface area contributed by atoms with Crippen LogP contribution in [0.25, 0.3) is 10.9 Å². The van der Waals surface area contributed by atoms with Crippen LogP contribution >= 0.6 is 0 Å². The van der Waals surface area contributed by atoms with Crippen molar-refractivity contribution >= 4 is 42.6 Å². The number of aromatic nitrogens is 2. The van der Waals surface area contributed by atoms with E-state index in [2.05, 4.69) is 36.6 Å². The number of unbranched alkanes of at least 4 members (excludes halogenated alkanes) is 1. The number of carbonyl (C=O) groups excluding carboxylic acids is 4. The van der Waals surface area contributed by atoms with Gasteiger partial charge in [0.15, 0.2) is 0 Å². The number of nitrogens with two attached hydrogens (primary N) is 1. The third kappa shape index (κ3) is 6.61. The van der Waals surface area contributed by atoms with E-state index in [1.54, 1.807) is 23.1 Å². The molecule has 1 atom stereocenters. The number of benzene rings is 2. The summed E-state index contributed by atoms with van der Waals surface area (Å²) in [6, 6.07) is 11.0. The Kier molecular flexibility index (Phi) is 9.04. The normalized spacial score (nSPS) is 16.8. The molecule has 0 aliphatic carbocycles. The number of amides is 4. The number of nitrogens with zero attached hydrogens (tertiary/aromatic N) is 4. The van der Waals surface area contributed by atoms with Crippen molar-refractivity contribution in [1.29, 1.82) is 0 Å². The van der Waals surface area contributed by atoms with E-state index in [-0.39, 0.29) is 37.4 Å².